The van der Waals surface area contributed by atoms with Crippen molar-refractivity contribution in [3.05, 3.63) is 10.4 Å². The highest BCUT2D eigenvalue weighted by Gasteiger charge is 2.32. The van der Waals surface area contributed by atoms with Crippen LogP contribution in [-0.4, -0.2) is 49.3 Å². The largest absolute Gasteiger partial charge is 0.450 e. The van der Waals surface area contributed by atoms with Gasteiger partial charge in [-0.3, -0.25) is 0 Å². The maximum absolute atomic E-state index is 12.0. The number of rotatable bonds is 7. The van der Waals surface area contributed by atoms with Gasteiger partial charge in [-0.2, -0.15) is 0 Å². The Morgan fingerprint density at radius 1 is 1.25 bits per heavy atom. The monoisotopic (exact) mass is 337 g/mol. The number of hydrogen-bond acceptors (Lipinski definition) is 4. The molecule has 7 heteroatoms. The first-order valence-electron chi connectivity index (χ1n) is 9.44. The molecule has 1 aliphatic carbocycles. The topological polar surface area (TPSA) is 90.3 Å². The molecule has 0 bridgehead atoms. The molecule has 0 aromatic heterocycles. The Kier molecular flexibility index (Phi) is 8.19. The second-order valence-electron chi connectivity index (χ2n) is 6.93. The van der Waals surface area contributed by atoms with Crippen molar-refractivity contribution < 1.29 is 9.53 Å². The van der Waals surface area contributed by atoms with Crippen LogP contribution in [0.4, 0.5) is 4.79 Å². The van der Waals surface area contributed by atoms with Gasteiger partial charge in [0.2, 0.25) is 0 Å². The van der Waals surface area contributed by atoms with Crippen LogP contribution in [0, 0.1) is 5.92 Å². The molecule has 1 N–H and O–H groups in total. The molecular formula is C17H31N5O2. The van der Waals surface area contributed by atoms with Gasteiger partial charge in [-0.25, -0.2) is 4.79 Å². The van der Waals surface area contributed by atoms with Gasteiger partial charge in [0.1, 0.15) is 0 Å². The minimum atomic E-state index is -0.409. The third-order valence-corrected chi connectivity index (χ3v) is 5.21. The smallest absolute Gasteiger partial charge is 0.407 e. The second kappa shape index (κ2) is 10.4. The Morgan fingerprint density at radius 3 is 2.54 bits per heavy atom. The number of alkyl carbamates (subject to hydrolysis) is 1. The number of hydrogen-bond donors (Lipinski definition) is 1. The lowest BCUT2D eigenvalue weighted by molar-refractivity contribution is 0.129. The van der Waals surface area contributed by atoms with Crippen molar-refractivity contribution >= 4 is 6.09 Å². The van der Waals surface area contributed by atoms with Crippen LogP contribution in [0.2, 0.25) is 0 Å². The molecule has 0 unspecified atom stereocenters. The summed E-state index contributed by atoms with van der Waals surface area (Å²) in [7, 11) is 0. The third kappa shape index (κ3) is 5.87. The molecule has 1 heterocycles. The van der Waals surface area contributed by atoms with Crippen molar-refractivity contribution in [2.75, 3.05) is 26.2 Å². The number of piperidine rings is 1. The van der Waals surface area contributed by atoms with Gasteiger partial charge in [-0.1, -0.05) is 30.8 Å². The van der Waals surface area contributed by atoms with Crippen LogP contribution in [0.25, 0.3) is 10.4 Å². The molecule has 2 atom stereocenters. The average molecular weight is 337 g/mol. The quantitative estimate of drug-likeness (QED) is 0.434. The number of carbonyl (C=O) groups excluding carboxylic acids is 1. The fourth-order valence-corrected chi connectivity index (χ4v) is 4.02. The van der Waals surface area contributed by atoms with Gasteiger partial charge in [0, 0.05) is 11.5 Å². The van der Waals surface area contributed by atoms with Crippen LogP contribution in [0.15, 0.2) is 5.11 Å². The van der Waals surface area contributed by atoms with Crippen LogP contribution in [0.5, 0.6) is 0 Å². The molecule has 0 aromatic rings. The van der Waals surface area contributed by atoms with Gasteiger partial charge in [0.25, 0.3) is 0 Å². The molecule has 0 radical (unpaired) electrons. The molecule has 0 aromatic carbocycles. The number of amides is 1. The number of likely N-dealkylation sites (tertiary alicyclic amines) is 1. The fraction of sp³-hybridized carbons (Fsp3) is 0.941. The molecule has 2 aliphatic rings. The van der Waals surface area contributed by atoms with E-state index >= 15 is 0 Å². The van der Waals surface area contributed by atoms with Crippen LogP contribution in [0.1, 0.15) is 58.3 Å². The standard InChI is InChI=1S/C17H31N5O2/c1-2-24-17(23)19-15(13-22-11-7-4-8-12-22)16(20-21-18)14-9-5-3-6-10-14/h14-16H,2-13H2,1H3,(H,19,23)/t15-,16+/m1/s1. The van der Waals surface area contributed by atoms with Crippen molar-refractivity contribution in [1.82, 2.24) is 10.2 Å². The number of nitrogens with one attached hydrogen (secondary N) is 1. The average Bonchev–Trinajstić information content (AvgIpc) is 2.61. The van der Waals surface area contributed by atoms with E-state index in [0.717, 1.165) is 32.5 Å². The Bertz CT molecular complexity index is 427. The summed E-state index contributed by atoms with van der Waals surface area (Å²) >= 11 is 0. The second-order valence-corrected chi connectivity index (χ2v) is 6.93. The summed E-state index contributed by atoms with van der Waals surface area (Å²) in [6, 6.07) is -0.372. The Labute approximate surface area is 144 Å². The third-order valence-electron chi connectivity index (χ3n) is 5.21. The minimum absolute atomic E-state index is 0.179. The zero-order valence-corrected chi connectivity index (χ0v) is 14.8. The van der Waals surface area contributed by atoms with Crippen LogP contribution < -0.4 is 5.32 Å². The zero-order valence-electron chi connectivity index (χ0n) is 14.8. The SMILES string of the molecule is CCOC(=O)N[C@H](CN1CCCCC1)[C@@H](N=[N+]=[N-])C1CCCCC1. The molecule has 1 amide bonds. The van der Waals surface area contributed by atoms with E-state index in [9.17, 15) is 4.79 Å². The molecule has 1 saturated carbocycles. The van der Waals surface area contributed by atoms with Crippen LogP contribution in [-0.2, 0) is 4.74 Å². The molecule has 7 nitrogen and oxygen atoms in total. The van der Waals surface area contributed by atoms with Gasteiger partial charge in [-0.15, -0.1) is 0 Å². The van der Waals surface area contributed by atoms with Crippen LogP contribution >= 0.6 is 0 Å². The number of nitrogens with zero attached hydrogens (tertiary/aromatic N) is 4. The zero-order chi connectivity index (χ0) is 17.2. The first kappa shape index (κ1) is 18.9. The maximum Gasteiger partial charge on any atom is 0.407 e. The lowest BCUT2D eigenvalue weighted by Gasteiger charge is -2.37. The number of ether oxygens (including phenoxy) is 1. The summed E-state index contributed by atoms with van der Waals surface area (Å²) in [5.74, 6) is 0.353. The predicted octanol–water partition coefficient (Wildman–Crippen LogP) is 3.85. The molecule has 0 spiro atoms. The number of azide groups is 1. The van der Waals surface area contributed by atoms with E-state index in [2.05, 4.69) is 20.2 Å². The van der Waals surface area contributed by atoms with E-state index < -0.39 is 6.09 Å². The Balaban J connectivity index is 2.09. The highest BCUT2D eigenvalue weighted by molar-refractivity contribution is 5.67. The molecule has 2 fully saturated rings. The molecule has 24 heavy (non-hydrogen) atoms. The van der Waals surface area contributed by atoms with E-state index in [-0.39, 0.29) is 12.1 Å². The van der Waals surface area contributed by atoms with Gasteiger partial charge in [0.15, 0.2) is 0 Å². The first-order valence-corrected chi connectivity index (χ1v) is 9.44. The van der Waals surface area contributed by atoms with Crippen LogP contribution in [0.3, 0.4) is 0 Å². The van der Waals surface area contributed by atoms with E-state index in [1.807, 2.05) is 0 Å². The van der Waals surface area contributed by atoms with Gasteiger partial charge < -0.3 is 15.0 Å². The summed E-state index contributed by atoms with van der Waals surface area (Å²) in [6.45, 7) is 4.98. The van der Waals surface area contributed by atoms with Crippen molar-refractivity contribution in [2.45, 2.75) is 70.4 Å². The molecular weight excluding hydrogens is 306 g/mol. The highest BCUT2D eigenvalue weighted by Crippen LogP contribution is 2.30. The fourth-order valence-electron chi connectivity index (χ4n) is 4.02. The van der Waals surface area contributed by atoms with Crippen molar-refractivity contribution in [2.24, 2.45) is 11.0 Å². The van der Waals surface area contributed by atoms with E-state index in [4.69, 9.17) is 10.3 Å². The first-order chi connectivity index (χ1) is 11.7. The number of carbonyl (C=O) groups is 1. The van der Waals surface area contributed by atoms with E-state index in [0.29, 0.717) is 12.5 Å². The van der Waals surface area contributed by atoms with Crippen molar-refractivity contribution in [3.8, 4) is 0 Å². The molecule has 1 saturated heterocycles. The Hall–Kier alpha value is -1.46. The highest BCUT2D eigenvalue weighted by atomic mass is 16.5. The summed E-state index contributed by atoms with van der Waals surface area (Å²) in [4.78, 5) is 17.5. The van der Waals surface area contributed by atoms with Gasteiger partial charge in [0.05, 0.1) is 18.7 Å². The normalized spacial score (nSPS) is 22.2. The minimum Gasteiger partial charge on any atom is -0.450 e. The molecule has 1 aliphatic heterocycles. The van der Waals surface area contributed by atoms with E-state index in [1.54, 1.807) is 6.92 Å². The summed E-state index contributed by atoms with van der Waals surface area (Å²) in [5.41, 5.74) is 9.06. The molecule has 136 valence electrons. The summed E-state index contributed by atoms with van der Waals surface area (Å²) in [5, 5.41) is 7.09. The van der Waals surface area contributed by atoms with Gasteiger partial charge in [-0.05, 0) is 57.1 Å². The lowest BCUT2D eigenvalue weighted by Crippen LogP contribution is -2.53. The maximum atomic E-state index is 12.0. The van der Waals surface area contributed by atoms with E-state index in [1.165, 1.54) is 38.5 Å². The molecule has 2 rings (SSSR count). The summed E-state index contributed by atoms with van der Waals surface area (Å²) < 4.78 is 5.07. The lowest BCUT2D eigenvalue weighted by atomic mass is 9.81. The Morgan fingerprint density at radius 2 is 1.92 bits per heavy atom. The van der Waals surface area contributed by atoms with Gasteiger partial charge >= 0.3 is 6.09 Å². The summed E-state index contributed by atoms with van der Waals surface area (Å²) in [6.07, 6.45) is 9.01. The van der Waals surface area contributed by atoms with Crippen molar-refractivity contribution in [3.63, 3.8) is 0 Å². The van der Waals surface area contributed by atoms with Crippen molar-refractivity contribution in [1.29, 1.82) is 0 Å². The predicted molar refractivity (Wildman–Crippen MR) is 93.7 cm³/mol.